The zero-order chi connectivity index (χ0) is 13.8. The third-order valence-corrected chi connectivity index (χ3v) is 2.69. The van der Waals surface area contributed by atoms with Crippen LogP contribution in [0.15, 0.2) is 24.5 Å². The van der Waals surface area contributed by atoms with Crippen molar-refractivity contribution in [2.24, 2.45) is 0 Å². The van der Waals surface area contributed by atoms with Gasteiger partial charge in [-0.15, -0.1) is 0 Å². The Balaban J connectivity index is 2.24. The molecule has 0 aliphatic heterocycles. The number of fused-ring (bicyclic) bond motifs is 1. The molecule has 0 saturated carbocycles. The number of nitrogens with zero attached hydrogens (tertiary/aromatic N) is 3. The van der Waals surface area contributed by atoms with E-state index < -0.39 is 4.92 Å². The SMILES string of the molecule is CCOC(=O)CCn1cnc2c([N+](=O)[O-])cccc21. The van der Waals surface area contributed by atoms with E-state index in [4.69, 9.17) is 4.74 Å². The lowest BCUT2D eigenvalue weighted by Crippen LogP contribution is -2.08. The van der Waals surface area contributed by atoms with Crippen molar-refractivity contribution in [1.82, 2.24) is 9.55 Å². The van der Waals surface area contributed by atoms with E-state index in [-0.39, 0.29) is 18.1 Å². The van der Waals surface area contributed by atoms with E-state index in [1.165, 1.54) is 12.4 Å². The highest BCUT2D eigenvalue weighted by Crippen LogP contribution is 2.23. The molecule has 0 atom stereocenters. The van der Waals surface area contributed by atoms with Crippen LogP contribution >= 0.6 is 0 Å². The Morgan fingerprint density at radius 2 is 2.32 bits per heavy atom. The number of non-ortho nitro benzene ring substituents is 1. The lowest BCUT2D eigenvalue weighted by atomic mass is 10.2. The van der Waals surface area contributed by atoms with Crippen LogP contribution in [0, 0.1) is 10.1 Å². The summed E-state index contributed by atoms with van der Waals surface area (Å²) in [6.07, 6.45) is 1.71. The first-order valence-electron chi connectivity index (χ1n) is 5.87. The van der Waals surface area contributed by atoms with Crippen molar-refractivity contribution < 1.29 is 14.5 Å². The fraction of sp³-hybridized carbons (Fsp3) is 0.333. The van der Waals surface area contributed by atoms with Gasteiger partial charge in [0.1, 0.15) is 0 Å². The normalized spacial score (nSPS) is 10.6. The van der Waals surface area contributed by atoms with Crippen LogP contribution in [0.5, 0.6) is 0 Å². The number of rotatable bonds is 5. The number of benzene rings is 1. The average Bonchev–Trinajstić information content (AvgIpc) is 2.79. The van der Waals surface area contributed by atoms with E-state index in [1.54, 1.807) is 23.6 Å². The van der Waals surface area contributed by atoms with Gasteiger partial charge in [0.05, 0.1) is 29.8 Å². The smallest absolute Gasteiger partial charge is 0.307 e. The average molecular weight is 263 g/mol. The molecule has 7 nitrogen and oxygen atoms in total. The zero-order valence-corrected chi connectivity index (χ0v) is 10.4. The molecule has 0 aliphatic carbocycles. The van der Waals surface area contributed by atoms with Crippen LogP contribution in [-0.2, 0) is 16.1 Å². The fourth-order valence-electron chi connectivity index (χ4n) is 1.84. The summed E-state index contributed by atoms with van der Waals surface area (Å²) in [6, 6.07) is 4.74. The predicted molar refractivity (Wildman–Crippen MR) is 67.6 cm³/mol. The van der Waals surface area contributed by atoms with E-state index in [2.05, 4.69) is 4.98 Å². The maximum Gasteiger partial charge on any atom is 0.307 e. The Bertz CT molecular complexity index is 620. The molecule has 0 bridgehead atoms. The van der Waals surface area contributed by atoms with Gasteiger partial charge in [-0.3, -0.25) is 14.9 Å². The largest absolute Gasteiger partial charge is 0.466 e. The molecule has 19 heavy (non-hydrogen) atoms. The molecule has 0 saturated heterocycles. The Morgan fingerprint density at radius 1 is 1.53 bits per heavy atom. The van der Waals surface area contributed by atoms with E-state index >= 15 is 0 Å². The minimum atomic E-state index is -0.467. The second kappa shape index (κ2) is 5.47. The number of carbonyl (C=O) groups excluding carboxylic acids is 1. The van der Waals surface area contributed by atoms with E-state index in [0.29, 0.717) is 24.2 Å². The Kier molecular flexibility index (Phi) is 3.74. The molecular formula is C12H13N3O4. The second-order valence-corrected chi connectivity index (χ2v) is 3.89. The molecule has 0 amide bonds. The standard InChI is InChI=1S/C12H13N3O4/c1-2-19-11(16)6-7-14-8-13-12-9(14)4-3-5-10(12)15(17)18/h3-5,8H,2,6-7H2,1H3. The summed E-state index contributed by atoms with van der Waals surface area (Å²) in [7, 11) is 0. The van der Waals surface area contributed by atoms with Gasteiger partial charge in [-0.05, 0) is 13.0 Å². The highest BCUT2D eigenvalue weighted by molar-refractivity contribution is 5.84. The molecule has 100 valence electrons. The Hall–Kier alpha value is -2.44. The van der Waals surface area contributed by atoms with Crippen LogP contribution in [0.3, 0.4) is 0 Å². The summed E-state index contributed by atoms with van der Waals surface area (Å²) >= 11 is 0. The molecule has 1 aromatic heterocycles. The molecule has 1 aromatic carbocycles. The topological polar surface area (TPSA) is 87.3 Å². The lowest BCUT2D eigenvalue weighted by Gasteiger charge is -2.04. The van der Waals surface area contributed by atoms with E-state index in [9.17, 15) is 14.9 Å². The molecule has 2 rings (SSSR count). The summed E-state index contributed by atoms with van der Waals surface area (Å²) in [5.74, 6) is -0.296. The number of hydrogen-bond acceptors (Lipinski definition) is 5. The molecule has 0 aliphatic rings. The van der Waals surface area contributed by atoms with Crippen molar-refractivity contribution in [3.63, 3.8) is 0 Å². The zero-order valence-electron chi connectivity index (χ0n) is 10.4. The van der Waals surface area contributed by atoms with Gasteiger partial charge < -0.3 is 9.30 Å². The lowest BCUT2D eigenvalue weighted by molar-refractivity contribution is -0.383. The van der Waals surface area contributed by atoms with Gasteiger partial charge in [0.25, 0.3) is 5.69 Å². The number of imidazole rings is 1. The first-order chi connectivity index (χ1) is 9.13. The monoisotopic (exact) mass is 263 g/mol. The minimum Gasteiger partial charge on any atom is -0.466 e. The van der Waals surface area contributed by atoms with Gasteiger partial charge in [-0.1, -0.05) is 6.07 Å². The Labute approximate surface area is 109 Å². The number of nitro groups is 1. The van der Waals surface area contributed by atoms with Crippen LogP contribution in [0.2, 0.25) is 0 Å². The number of ether oxygens (including phenoxy) is 1. The van der Waals surface area contributed by atoms with Crippen molar-refractivity contribution in [3.8, 4) is 0 Å². The molecule has 0 unspecified atom stereocenters. The van der Waals surface area contributed by atoms with Crippen molar-refractivity contribution in [2.45, 2.75) is 19.9 Å². The third kappa shape index (κ3) is 2.70. The molecule has 2 aromatic rings. The predicted octanol–water partition coefficient (Wildman–Crippen LogP) is 1.90. The summed E-state index contributed by atoms with van der Waals surface area (Å²) in [6.45, 7) is 2.47. The molecular weight excluding hydrogens is 250 g/mol. The van der Waals surface area contributed by atoms with Crippen molar-refractivity contribution in [2.75, 3.05) is 6.61 Å². The van der Waals surface area contributed by atoms with Crippen LogP contribution in [0.4, 0.5) is 5.69 Å². The first-order valence-corrected chi connectivity index (χ1v) is 5.87. The summed E-state index contributed by atoms with van der Waals surface area (Å²) < 4.78 is 6.54. The number of para-hydroxylation sites is 1. The van der Waals surface area contributed by atoms with Gasteiger partial charge in [-0.2, -0.15) is 0 Å². The van der Waals surface area contributed by atoms with Crippen molar-refractivity contribution >= 4 is 22.7 Å². The van der Waals surface area contributed by atoms with Gasteiger partial charge in [0, 0.05) is 12.6 Å². The van der Waals surface area contributed by atoms with Gasteiger partial charge in [0.2, 0.25) is 0 Å². The third-order valence-electron chi connectivity index (χ3n) is 2.69. The number of esters is 1. The van der Waals surface area contributed by atoms with Gasteiger partial charge in [0.15, 0.2) is 5.52 Å². The van der Waals surface area contributed by atoms with E-state index in [1.807, 2.05) is 0 Å². The molecule has 0 fully saturated rings. The van der Waals surface area contributed by atoms with Crippen molar-refractivity contribution in [1.29, 1.82) is 0 Å². The maximum atomic E-state index is 11.3. The van der Waals surface area contributed by atoms with Gasteiger partial charge >= 0.3 is 5.97 Å². The highest BCUT2D eigenvalue weighted by atomic mass is 16.6. The minimum absolute atomic E-state index is 0.0348. The van der Waals surface area contributed by atoms with Crippen LogP contribution < -0.4 is 0 Å². The number of nitro benzene ring substituents is 1. The summed E-state index contributed by atoms with van der Waals surface area (Å²) in [4.78, 5) is 25.7. The molecule has 0 spiro atoms. The maximum absolute atomic E-state index is 11.3. The van der Waals surface area contributed by atoms with Crippen LogP contribution in [0.1, 0.15) is 13.3 Å². The number of carbonyl (C=O) groups is 1. The van der Waals surface area contributed by atoms with Crippen LogP contribution in [0.25, 0.3) is 11.0 Å². The van der Waals surface area contributed by atoms with E-state index in [0.717, 1.165) is 0 Å². The number of hydrogen-bond donors (Lipinski definition) is 0. The van der Waals surface area contributed by atoms with Crippen molar-refractivity contribution in [3.05, 3.63) is 34.6 Å². The Morgan fingerprint density at radius 3 is 3.00 bits per heavy atom. The molecule has 1 heterocycles. The number of aryl methyl sites for hydroxylation is 1. The quantitative estimate of drug-likeness (QED) is 0.467. The fourth-order valence-corrected chi connectivity index (χ4v) is 1.84. The molecule has 0 radical (unpaired) electrons. The van der Waals surface area contributed by atoms with Gasteiger partial charge in [-0.25, -0.2) is 4.98 Å². The number of aromatic nitrogens is 2. The highest BCUT2D eigenvalue weighted by Gasteiger charge is 2.15. The van der Waals surface area contributed by atoms with Crippen LogP contribution in [-0.4, -0.2) is 27.1 Å². The second-order valence-electron chi connectivity index (χ2n) is 3.89. The first kappa shape index (κ1) is 13.0. The molecule has 0 N–H and O–H groups in total. The molecule has 7 heteroatoms. The summed E-state index contributed by atoms with van der Waals surface area (Å²) in [5, 5.41) is 10.9. The summed E-state index contributed by atoms with van der Waals surface area (Å²) in [5.41, 5.74) is 0.933.